The first-order valence-electron chi connectivity index (χ1n) is 10.5. The summed E-state index contributed by atoms with van der Waals surface area (Å²) in [6.45, 7) is 14.2. The van der Waals surface area contributed by atoms with Crippen LogP contribution in [0.1, 0.15) is 45.0 Å². The summed E-state index contributed by atoms with van der Waals surface area (Å²) in [6.07, 6.45) is 2.33. The van der Waals surface area contributed by atoms with E-state index in [0.717, 1.165) is 6.54 Å². The average Bonchev–Trinajstić information content (AvgIpc) is 3.05. The van der Waals surface area contributed by atoms with Crippen molar-refractivity contribution < 1.29 is 4.58 Å². The Hall–Kier alpha value is -2.87. The zero-order valence-corrected chi connectivity index (χ0v) is 18.5. The van der Waals surface area contributed by atoms with Crippen molar-refractivity contribution in [3.8, 4) is 0 Å². The van der Waals surface area contributed by atoms with Crippen LogP contribution in [-0.4, -0.2) is 17.5 Å². The quantitative estimate of drug-likeness (QED) is 0.470. The van der Waals surface area contributed by atoms with E-state index in [2.05, 4.69) is 112 Å². The molecule has 0 saturated carbocycles. The van der Waals surface area contributed by atoms with Crippen LogP contribution in [-0.2, 0) is 0 Å². The van der Waals surface area contributed by atoms with Gasteiger partial charge in [0.1, 0.15) is 17.9 Å². The molecule has 1 unspecified atom stereocenters. The molecule has 0 bridgehead atoms. The van der Waals surface area contributed by atoms with E-state index in [1.165, 1.54) is 50.3 Å². The molecule has 0 spiro atoms. The van der Waals surface area contributed by atoms with E-state index in [0.29, 0.717) is 0 Å². The summed E-state index contributed by atoms with van der Waals surface area (Å²) in [7, 11) is 0. The predicted molar refractivity (Wildman–Crippen MR) is 124 cm³/mol. The highest BCUT2D eigenvalue weighted by molar-refractivity contribution is 5.83. The number of anilines is 1. The van der Waals surface area contributed by atoms with Gasteiger partial charge in [-0.3, -0.25) is 0 Å². The third-order valence-corrected chi connectivity index (χ3v) is 5.97. The van der Waals surface area contributed by atoms with Crippen LogP contribution in [0.25, 0.3) is 0 Å². The van der Waals surface area contributed by atoms with Crippen molar-refractivity contribution in [3.63, 3.8) is 0 Å². The minimum Gasteiger partial charge on any atom is -0.228 e. The summed E-state index contributed by atoms with van der Waals surface area (Å²) in [5.41, 5.74) is 12.0. The zero-order chi connectivity index (χ0) is 20.7. The Morgan fingerprint density at radius 2 is 1.24 bits per heavy atom. The van der Waals surface area contributed by atoms with E-state index >= 15 is 0 Å². The Morgan fingerprint density at radius 1 is 0.724 bits per heavy atom. The number of hydrogen-bond donors (Lipinski definition) is 0. The molecule has 1 heterocycles. The topological polar surface area (TPSA) is 6.25 Å². The molecule has 29 heavy (non-hydrogen) atoms. The molecule has 1 atom stereocenters. The summed E-state index contributed by atoms with van der Waals surface area (Å²) in [5, 5.41) is 0. The van der Waals surface area contributed by atoms with Crippen LogP contribution < -0.4 is 4.90 Å². The van der Waals surface area contributed by atoms with Crippen molar-refractivity contribution in [2.45, 2.75) is 47.6 Å². The maximum Gasteiger partial charge on any atom is 0.245 e. The van der Waals surface area contributed by atoms with Crippen LogP contribution in [0, 0.1) is 41.5 Å². The molecule has 0 N–H and O–H groups in total. The Bertz CT molecular complexity index is 1050. The van der Waals surface area contributed by atoms with Gasteiger partial charge in [-0.25, -0.2) is 9.48 Å². The Morgan fingerprint density at radius 3 is 1.79 bits per heavy atom. The smallest absolute Gasteiger partial charge is 0.228 e. The third-order valence-electron chi connectivity index (χ3n) is 5.97. The van der Waals surface area contributed by atoms with E-state index in [9.17, 15) is 0 Å². The van der Waals surface area contributed by atoms with Crippen LogP contribution in [0.5, 0.6) is 0 Å². The van der Waals surface area contributed by atoms with Gasteiger partial charge in [-0.2, -0.15) is 0 Å². The van der Waals surface area contributed by atoms with E-state index in [1.54, 1.807) is 0 Å². The number of nitrogens with zero attached hydrogens (tertiary/aromatic N) is 2. The van der Waals surface area contributed by atoms with Gasteiger partial charge < -0.3 is 0 Å². The van der Waals surface area contributed by atoms with Crippen molar-refractivity contribution in [1.82, 2.24) is 0 Å². The molecule has 1 aliphatic heterocycles. The van der Waals surface area contributed by atoms with Crippen LogP contribution in [0.15, 0.2) is 54.6 Å². The molecule has 0 fully saturated rings. The summed E-state index contributed by atoms with van der Waals surface area (Å²) in [6, 6.07) is 20.4. The standard InChI is InChI=1S/C27H31N2/c1-18-12-20(3)26(21(4)13-18)28-16-25(24-10-8-7-9-11-24)29(17-28)27-22(5)14-19(2)15-23(27)6/h7-15,17,25H,16H2,1-6H3/q+1. The number of benzene rings is 3. The van der Waals surface area contributed by atoms with Crippen LogP contribution in [0.3, 0.4) is 0 Å². The minimum absolute atomic E-state index is 0.288. The molecular formula is C27H31N2+. The van der Waals surface area contributed by atoms with E-state index < -0.39 is 0 Å². The average molecular weight is 384 g/mol. The third kappa shape index (κ3) is 3.60. The van der Waals surface area contributed by atoms with Gasteiger partial charge in [0, 0.05) is 5.56 Å². The highest BCUT2D eigenvalue weighted by atomic mass is 15.3. The molecule has 0 radical (unpaired) electrons. The van der Waals surface area contributed by atoms with Crippen molar-refractivity contribution in [2.75, 3.05) is 11.4 Å². The first-order valence-corrected chi connectivity index (χ1v) is 10.5. The van der Waals surface area contributed by atoms with Crippen LogP contribution >= 0.6 is 0 Å². The van der Waals surface area contributed by atoms with Crippen molar-refractivity contribution in [3.05, 3.63) is 93.5 Å². The lowest BCUT2D eigenvalue weighted by molar-refractivity contribution is -0.430. The van der Waals surface area contributed by atoms with Gasteiger partial charge in [0.25, 0.3) is 0 Å². The fraction of sp³-hybridized carbons (Fsp3) is 0.296. The second-order valence-corrected chi connectivity index (χ2v) is 8.60. The summed E-state index contributed by atoms with van der Waals surface area (Å²) >= 11 is 0. The second kappa shape index (κ2) is 7.51. The van der Waals surface area contributed by atoms with Gasteiger partial charge in [-0.1, -0.05) is 65.7 Å². The van der Waals surface area contributed by atoms with Gasteiger partial charge in [0.15, 0.2) is 6.04 Å². The number of aryl methyl sites for hydroxylation is 6. The van der Waals surface area contributed by atoms with Crippen molar-refractivity contribution in [1.29, 1.82) is 0 Å². The SMILES string of the molecule is Cc1cc(C)c(N2C=[N+](c3c(C)cc(C)cc3C)CC2c2ccccc2)c(C)c1. The lowest BCUT2D eigenvalue weighted by Crippen LogP contribution is -2.25. The largest absolute Gasteiger partial charge is 0.245 e. The molecule has 2 heteroatoms. The van der Waals surface area contributed by atoms with E-state index in [1.807, 2.05) is 0 Å². The molecule has 3 aromatic carbocycles. The summed E-state index contributed by atoms with van der Waals surface area (Å²) in [4.78, 5) is 2.48. The van der Waals surface area contributed by atoms with E-state index in [-0.39, 0.29) is 6.04 Å². The Labute approximate surface area is 175 Å². The molecule has 0 amide bonds. The molecule has 2 nitrogen and oxygen atoms in total. The molecule has 0 saturated heterocycles. The maximum absolute atomic E-state index is 2.48. The highest BCUT2D eigenvalue weighted by Gasteiger charge is 2.37. The van der Waals surface area contributed by atoms with Gasteiger partial charge in [0.05, 0.1) is 0 Å². The van der Waals surface area contributed by atoms with Crippen LogP contribution in [0.4, 0.5) is 11.4 Å². The first-order chi connectivity index (χ1) is 13.8. The fourth-order valence-electron chi connectivity index (χ4n) is 5.06. The van der Waals surface area contributed by atoms with Gasteiger partial charge in [-0.05, 0) is 63.8 Å². The molecule has 148 valence electrons. The van der Waals surface area contributed by atoms with Crippen LogP contribution in [0.2, 0.25) is 0 Å². The number of rotatable bonds is 3. The van der Waals surface area contributed by atoms with Gasteiger partial charge >= 0.3 is 0 Å². The molecular weight excluding hydrogens is 352 g/mol. The fourth-order valence-corrected chi connectivity index (χ4v) is 5.06. The van der Waals surface area contributed by atoms with Gasteiger partial charge in [-0.15, -0.1) is 0 Å². The second-order valence-electron chi connectivity index (χ2n) is 8.60. The summed E-state index contributed by atoms with van der Waals surface area (Å²) in [5.74, 6) is 0. The molecule has 0 aliphatic carbocycles. The molecule has 4 rings (SSSR count). The summed E-state index contributed by atoms with van der Waals surface area (Å²) < 4.78 is 2.44. The zero-order valence-electron chi connectivity index (χ0n) is 18.5. The highest BCUT2D eigenvalue weighted by Crippen LogP contribution is 2.37. The van der Waals surface area contributed by atoms with Crippen molar-refractivity contribution >= 4 is 17.7 Å². The maximum atomic E-state index is 2.48. The van der Waals surface area contributed by atoms with E-state index in [4.69, 9.17) is 0 Å². The normalized spacial score (nSPS) is 16.3. The predicted octanol–water partition coefficient (Wildman–Crippen LogP) is 6.47. The first kappa shape index (κ1) is 19.4. The lowest BCUT2D eigenvalue weighted by atomic mass is 10.0. The molecule has 3 aromatic rings. The minimum atomic E-state index is 0.288. The Balaban J connectivity index is 1.88. The Kier molecular flexibility index (Phi) is 5.04. The molecule has 0 aromatic heterocycles. The van der Waals surface area contributed by atoms with Crippen molar-refractivity contribution in [2.24, 2.45) is 0 Å². The van der Waals surface area contributed by atoms with Gasteiger partial charge in [0.2, 0.25) is 6.34 Å². The molecule has 1 aliphatic rings. The monoisotopic (exact) mass is 383 g/mol. The lowest BCUT2D eigenvalue weighted by Gasteiger charge is -2.21. The number of hydrogen-bond acceptors (Lipinski definition) is 1.